The molecule has 2 rings (SSSR count). The van der Waals surface area contributed by atoms with Gasteiger partial charge in [-0.25, -0.2) is 0 Å². The van der Waals surface area contributed by atoms with Gasteiger partial charge in [0.1, 0.15) is 5.75 Å². The normalized spacial score (nSPS) is 14.0. The largest absolute Gasteiger partial charge is 0.497 e. The van der Waals surface area contributed by atoms with Gasteiger partial charge in [0.2, 0.25) is 0 Å². The fraction of sp³-hybridized carbons (Fsp3) is 0.100. The summed E-state index contributed by atoms with van der Waals surface area (Å²) in [5.41, 5.74) is 1.64. The minimum absolute atomic E-state index is 0.0285. The van der Waals surface area contributed by atoms with Crippen molar-refractivity contribution in [2.75, 3.05) is 7.11 Å². The van der Waals surface area contributed by atoms with Gasteiger partial charge >= 0.3 is 0 Å². The average Bonchev–Trinajstić information content (AvgIpc) is 2.42. The number of carbonyl (C=O) groups is 1. The van der Waals surface area contributed by atoms with Crippen LogP contribution in [0.1, 0.15) is 15.9 Å². The maximum Gasteiger partial charge on any atom is 0.187 e. The van der Waals surface area contributed by atoms with Crippen LogP contribution in [0.25, 0.3) is 4.48 Å². The van der Waals surface area contributed by atoms with Crippen molar-refractivity contribution in [2.45, 2.75) is 0 Å². The molecule has 0 saturated heterocycles. The predicted molar refractivity (Wildman–Crippen MR) is 54.2 cm³/mol. The minimum atomic E-state index is 0.0285. The highest BCUT2D eigenvalue weighted by Gasteiger charge is 2.19. The van der Waals surface area contributed by atoms with Crippen molar-refractivity contribution in [3.05, 3.63) is 35.4 Å². The molecule has 1 aliphatic rings. The molecule has 0 aliphatic heterocycles. The van der Waals surface area contributed by atoms with Gasteiger partial charge in [0.25, 0.3) is 0 Å². The third-order valence-corrected chi connectivity index (χ3v) is 2.66. The molecule has 0 N–H and O–H groups in total. The molecule has 0 fully saturated rings. The van der Waals surface area contributed by atoms with Gasteiger partial charge in [-0.05, 0) is 18.2 Å². The van der Waals surface area contributed by atoms with E-state index in [0.29, 0.717) is 11.3 Å². The van der Waals surface area contributed by atoms with Gasteiger partial charge in [0.15, 0.2) is 5.78 Å². The Balaban J connectivity index is 2.58. The van der Waals surface area contributed by atoms with Gasteiger partial charge in [-0.1, -0.05) is 15.9 Å². The number of hydrogen-bond donors (Lipinski definition) is 0. The van der Waals surface area contributed by atoms with Crippen LogP contribution in [0.5, 0.6) is 5.75 Å². The second kappa shape index (κ2) is 3.00. The molecule has 1 aliphatic carbocycles. The van der Waals surface area contributed by atoms with Crippen molar-refractivity contribution in [2.24, 2.45) is 0 Å². The summed E-state index contributed by atoms with van der Waals surface area (Å²) in [4.78, 5) is 11.4. The van der Waals surface area contributed by atoms with E-state index in [2.05, 4.69) is 15.9 Å². The van der Waals surface area contributed by atoms with Gasteiger partial charge in [-0.3, -0.25) is 4.79 Å². The lowest BCUT2D eigenvalue weighted by Gasteiger charge is -2.02. The lowest BCUT2D eigenvalue weighted by Crippen LogP contribution is -1.92. The highest BCUT2D eigenvalue weighted by Crippen LogP contribution is 2.33. The molecule has 1 aromatic rings. The molecule has 0 radical (unpaired) electrons. The molecule has 2 nitrogen and oxygen atoms in total. The van der Waals surface area contributed by atoms with Gasteiger partial charge in [0, 0.05) is 21.7 Å². The molecule has 0 aromatic heterocycles. The first-order valence-corrected chi connectivity index (χ1v) is 4.61. The van der Waals surface area contributed by atoms with Crippen LogP contribution < -0.4 is 4.74 Å². The van der Waals surface area contributed by atoms with Gasteiger partial charge in [-0.15, -0.1) is 0 Å². The molecular weight excluding hydrogens is 232 g/mol. The van der Waals surface area contributed by atoms with E-state index in [1.54, 1.807) is 19.3 Å². The summed E-state index contributed by atoms with van der Waals surface area (Å²) >= 11 is 3.32. The lowest BCUT2D eigenvalue weighted by molar-refractivity contribution is 0.105. The summed E-state index contributed by atoms with van der Waals surface area (Å²) in [7, 11) is 1.59. The Labute approximate surface area is 84.3 Å². The van der Waals surface area contributed by atoms with E-state index in [1.807, 2.05) is 12.1 Å². The highest BCUT2D eigenvalue weighted by molar-refractivity contribution is 9.15. The van der Waals surface area contributed by atoms with Crippen molar-refractivity contribution in [3.63, 3.8) is 0 Å². The first-order valence-electron chi connectivity index (χ1n) is 3.82. The molecule has 0 spiro atoms. The molecule has 0 amide bonds. The monoisotopic (exact) mass is 238 g/mol. The van der Waals surface area contributed by atoms with Crippen LogP contribution >= 0.6 is 15.9 Å². The van der Waals surface area contributed by atoms with E-state index in [1.165, 1.54) is 0 Å². The number of ether oxygens (including phenoxy) is 1. The Morgan fingerprint density at radius 2 is 2.08 bits per heavy atom. The molecule has 13 heavy (non-hydrogen) atoms. The van der Waals surface area contributed by atoms with Gasteiger partial charge in [-0.2, -0.15) is 0 Å². The minimum Gasteiger partial charge on any atom is -0.497 e. The summed E-state index contributed by atoms with van der Waals surface area (Å²) in [6.45, 7) is 0. The van der Waals surface area contributed by atoms with Crippen molar-refractivity contribution in [1.82, 2.24) is 0 Å². The van der Waals surface area contributed by atoms with Crippen LogP contribution in [0.4, 0.5) is 0 Å². The van der Waals surface area contributed by atoms with Crippen LogP contribution in [0.15, 0.2) is 24.3 Å². The van der Waals surface area contributed by atoms with Crippen LogP contribution in [-0.4, -0.2) is 12.9 Å². The molecule has 0 unspecified atom stereocenters. The molecule has 0 bridgehead atoms. The first-order chi connectivity index (χ1) is 6.22. The molecule has 1 aromatic carbocycles. The molecule has 0 atom stereocenters. The fourth-order valence-electron chi connectivity index (χ4n) is 1.33. The SMILES string of the molecule is COc1ccc2c(c1)C(=O)C=C2Br. The zero-order chi connectivity index (χ0) is 9.42. The number of halogens is 1. The zero-order valence-electron chi connectivity index (χ0n) is 7.00. The molecular formula is C10H7BrO2. The van der Waals surface area contributed by atoms with E-state index >= 15 is 0 Å². The smallest absolute Gasteiger partial charge is 0.187 e. The Morgan fingerprint density at radius 1 is 1.31 bits per heavy atom. The molecule has 66 valence electrons. The third kappa shape index (κ3) is 1.29. The summed E-state index contributed by atoms with van der Waals surface area (Å²) in [5.74, 6) is 0.739. The Kier molecular flexibility index (Phi) is 1.96. The van der Waals surface area contributed by atoms with E-state index in [4.69, 9.17) is 4.74 Å². The van der Waals surface area contributed by atoms with Crippen molar-refractivity contribution in [1.29, 1.82) is 0 Å². The number of carbonyl (C=O) groups excluding carboxylic acids is 1. The van der Waals surface area contributed by atoms with E-state index < -0.39 is 0 Å². The predicted octanol–water partition coefficient (Wildman–Crippen LogP) is 2.63. The second-order valence-corrected chi connectivity index (χ2v) is 3.62. The maximum absolute atomic E-state index is 11.4. The topological polar surface area (TPSA) is 26.3 Å². The Bertz CT molecular complexity index is 407. The lowest BCUT2D eigenvalue weighted by atomic mass is 10.1. The van der Waals surface area contributed by atoms with Crippen LogP contribution in [-0.2, 0) is 0 Å². The zero-order valence-corrected chi connectivity index (χ0v) is 8.59. The summed E-state index contributed by atoms with van der Waals surface area (Å²) < 4.78 is 5.88. The number of benzene rings is 1. The second-order valence-electron chi connectivity index (χ2n) is 2.77. The van der Waals surface area contributed by atoms with Gasteiger partial charge < -0.3 is 4.74 Å². The number of methoxy groups -OCH3 is 1. The fourth-order valence-corrected chi connectivity index (χ4v) is 1.89. The number of rotatable bonds is 1. The number of allylic oxidation sites excluding steroid dienone is 1. The van der Waals surface area contributed by atoms with Crippen molar-refractivity contribution < 1.29 is 9.53 Å². The van der Waals surface area contributed by atoms with E-state index in [0.717, 1.165) is 10.0 Å². The summed E-state index contributed by atoms with van der Waals surface area (Å²) in [6, 6.07) is 5.47. The van der Waals surface area contributed by atoms with Gasteiger partial charge in [0.05, 0.1) is 7.11 Å². The van der Waals surface area contributed by atoms with Crippen molar-refractivity contribution >= 4 is 26.2 Å². The Morgan fingerprint density at radius 3 is 2.77 bits per heavy atom. The number of fused-ring (bicyclic) bond motifs is 1. The standard InChI is InChI=1S/C10H7BrO2/c1-13-6-2-3-7-8(4-6)10(12)5-9(7)11/h2-5H,1H3. The number of hydrogen-bond acceptors (Lipinski definition) is 2. The van der Waals surface area contributed by atoms with E-state index in [-0.39, 0.29) is 5.78 Å². The molecule has 0 saturated carbocycles. The molecule has 0 heterocycles. The summed E-state index contributed by atoms with van der Waals surface area (Å²) in [5, 5.41) is 0. The average molecular weight is 239 g/mol. The molecule has 3 heteroatoms. The number of ketones is 1. The van der Waals surface area contributed by atoms with Crippen molar-refractivity contribution in [3.8, 4) is 5.75 Å². The quantitative estimate of drug-likeness (QED) is 0.752. The first kappa shape index (κ1) is 8.51. The maximum atomic E-state index is 11.4. The Hall–Kier alpha value is -1.09. The van der Waals surface area contributed by atoms with Crippen LogP contribution in [0.3, 0.4) is 0 Å². The summed E-state index contributed by atoms with van der Waals surface area (Å²) in [6.07, 6.45) is 1.57. The van der Waals surface area contributed by atoms with Crippen LogP contribution in [0.2, 0.25) is 0 Å². The van der Waals surface area contributed by atoms with E-state index in [9.17, 15) is 4.79 Å². The van der Waals surface area contributed by atoms with Crippen LogP contribution in [0, 0.1) is 0 Å². The third-order valence-electron chi connectivity index (χ3n) is 2.01. The highest BCUT2D eigenvalue weighted by atomic mass is 79.9.